The second-order valence-corrected chi connectivity index (χ2v) is 6.85. The summed E-state index contributed by atoms with van der Waals surface area (Å²) in [6.45, 7) is 3.87. The minimum Gasteiger partial charge on any atom is -0.314 e. The number of nitrogens with one attached hydrogen (secondary N) is 1. The molecule has 108 valence electrons. The summed E-state index contributed by atoms with van der Waals surface area (Å²) in [6, 6.07) is 10.6. The van der Waals surface area contributed by atoms with Gasteiger partial charge < -0.3 is 5.32 Å². The predicted molar refractivity (Wildman–Crippen MR) is 82.8 cm³/mol. The van der Waals surface area contributed by atoms with Crippen LogP contribution in [0.4, 0.5) is 0 Å². The van der Waals surface area contributed by atoms with Gasteiger partial charge in [-0.3, -0.25) is 4.90 Å². The lowest BCUT2D eigenvalue weighted by Crippen LogP contribution is -2.44. The highest BCUT2D eigenvalue weighted by atomic mass is 15.2. The molecule has 2 aliphatic heterocycles. The van der Waals surface area contributed by atoms with Crippen LogP contribution in [0.2, 0.25) is 0 Å². The first-order valence-corrected chi connectivity index (χ1v) is 8.47. The first kappa shape index (κ1) is 12.8. The average molecular weight is 270 g/mol. The average Bonchev–Trinajstić information content (AvgIpc) is 3.17. The predicted octanol–water partition coefficient (Wildman–Crippen LogP) is 3.14. The highest BCUT2D eigenvalue weighted by molar-refractivity contribution is 5.34. The van der Waals surface area contributed by atoms with E-state index in [1.54, 1.807) is 11.1 Å². The molecule has 1 N–H and O–H groups in total. The van der Waals surface area contributed by atoms with Crippen molar-refractivity contribution in [3.8, 4) is 0 Å². The topological polar surface area (TPSA) is 15.3 Å². The fourth-order valence-corrected chi connectivity index (χ4v) is 4.68. The summed E-state index contributed by atoms with van der Waals surface area (Å²) in [5.74, 6) is 0.888. The molecular formula is C18H26N2. The minimum atomic E-state index is 0.704. The normalized spacial score (nSPS) is 34.3. The SMILES string of the molecule is c1ccc2c(c1)CCC2N1CCCC(C2CCCN2)C1. The van der Waals surface area contributed by atoms with Crippen LogP contribution in [0, 0.1) is 5.92 Å². The summed E-state index contributed by atoms with van der Waals surface area (Å²) in [4.78, 5) is 2.79. The van der Waals surface area contributed by atoms with E-state index in [0.717, 1.165) is 12.0 Å². The van der Waals surface area contributed by atoms with E-state index in [2.05, 4.69) is 34.5 Å². The quantitative estimate of drug-likeness (QED) is 0.888. The maximum Gasteiger partial charge on any atom is 0.0354 e. The first-order valence-electron chi connectivity index (χ1n) is 8.47. The van der Waals surface area contributed by atoms with E-state index in [-0.39, 0.29) is 0 Å². The summed E-state index contributed by atoms with van der Waals surface area (Å²) in [5, 5.41) is 3.73. The molecule has 2 fully saturated rings. The molecule has 1 aliphatic carbocycles. The van der Waals surface area contributed by atoms with Crippen molar-refractivity contribution in [1.82, 2.24) is 10.2 Å². The number of rotatable bonds is 2. The van der Waals surface area contributed by atoms with E-state index in [4.69, 9.17) is 0 Å². The second kappa shape index (κ2) is 5.50. The molecule has 3 aliphatic rings. The number of nitrogens with zero attached hydrogens (tertiary/aromatic N) is 1. The summed E-state index contributed by atoms with van der Waals surface area (Å²) >= 11 is 0. The first-order chi connectivity index (χ1) is 9.92. The highest BCUT2D eigenvalue weighted by Crippen LogP contribution is 2.38. The van der Waals surface area contributed by atoms with Crippen LogP contribution in [-0.4, -0.2) is 30.6 Å². The Hall–Kier alpha value is -0.860. The molecule has 1 aromatic carbocycles. The van der Waals surface area contributed by atoms with Crippen molar-refractivity contribution in [2.45, 2.75) is 50.6 Å². The Bertz CT molecular complexity index is 464. The van der Waals surface area contributed by atoms with Crippen molar-refractivity contribution in [3.05, 3.63) is 35.4 Å². The molecule has 4 rings (SSSR count). The molecule has 2 saturated heterocycles. The molecule has 20 heavy (non-hydrogen) atoms. The zero-order valence-corrected chi connectivity index (χ0v) is 12.4. The van der Waals surface area contributed by atoms with Crippen LogP contribution in [0.3, 0.4) is 0 Å². The number of likely N-dealkylation sites (tertiary alicyclic amines) is 1. The largest absolute Gasteiger partial charge is 0.314 e. The number of hydrogen-bond donors (Lipinski definition) is 1. The molecule has 0 saturated carbocycles. The third-order valence-corrected chi connectivity index (χ3v) is 5.70. The maximum atomic E-state index is 3.73. The van der Waals surface area contributed by atoms with E-state index in [1.807, 2.05) is 0 Å². The molecule has 0 amide bonds. The lowest BCUT2D eigenvalue weighted by Gasteiger charge is -2.39. The summed E-state index contributed by atoms with van der Waals surface area (Å²) in [5.41, 5.74) is 3.21. The molecule has 0 aromatic heterocycles. The van der Waals surface area contributed by atoms with Crippen molar-refractivity contribution in [2.24, 2.45) is 5.92 Å². The molecule has 1 aromatic rings. The van der Waals surface area contributed by atoms with Crippen LogP contribution in [0.5, 0.6) is 0 Å². The van der Waals surface area contributed by atoms with Gasteiger partial charge in [-0.1, -0.05) is 24.3 Å². The molecule has 3 unspecified atom stereocenters. The molecular weight excluding hydrogens is 244 g/mol. The molecule has 0 bridgehead atoms. The number of hydrogen-bond acceptors (Lipinski definition) is 2. The number of piperidine rings is 1. The fraction of sp³-hybridized carbons (Fsp3) is 0.667. The zero-order chi connectivity index (χ0) is 13.4. The summed E-state index contributed by atoms with van der Waals surface area (Å²) in [7, 11) is 0. The van der Waals surface area contributed by atoms with Crippen molar-refractivity contribution < 1.29 is 0 Å². The van der Waals surface area contributed by atoms with Gasteiger partial charge in [0.15, 0.2) is 0 Å². The third-order valence-electron chi connectivity index (χ3n) is 5.70. The standard InChI is InChI=1S/C18H26N2/c1-2-7-16-14(5-1)9-10-18(16)20-12-4-6-15(13-20)17-8-3-11-19-17/h1-2,5,7,15,17-19H,3-4,6,8-13H2. The van der Waals surface area contributed by atoms with Gasteiger partial charge in [0.25, 0.3) is 0 Å². The van der Waals surface area contributed by atoms with Crippen LogP contribution in [0.1, 0.15) is 49.3 Å². The third kappa shape index (κ3) is 2.29. The molecule has 2 nitrogen and oxygen atoms in total. The summed E-state index contributed by atoms with van der Waals surface area (Å²) < 4.78 is 0. The van der Waals surface area contributed by atoms with Crippen LogP contribution in [0.25, 0.3) is 0 Å². The lowest BCUT2D eigenvalue weighted by molar-refractivity contribution is 0.107. The Balaban J connectivity index is 1.49. The van der Waals surface area contributed by atoms with Gasteiger partial charge in [-0.05, 0) is 68.7 Å². The Morgan fingerprint density at radius 1 is 1.05 bits per heavy atom. The Labute approximate surface area is 122 Å². The molecule has 2 heterocycles. The Morgan fingerprint density at radius 3 is 2.90 bits per heavy atom. The molecule has 0 radical (unpaired) electrons. The van der Waals surface area contributed by atoms with Crippen LogP contribution in [0.15, 0.2) is 24.3 Å². The van der Waals surface area contributed by atoms with Crippen LogP contribution < -0.4 is 5.32 Å². The van der Waals surface area contributed by atoms with Gasteiger partial charge in [0, 0.05) is 18.6 Å². The van der Waals surface area contributed by atoms with Gasteiger partial charge >= 0.3 is 0 Å². The Kier molecular flexibility index (Phi) is 3.53. The molecule has 0 spiro atoms. The molecule has 2 heteroatoms. The van der Waals surface area contributed by atoms with Crippen molar-refractivity contribution >= 4 is 0 Å². The fourth-order valence-electron chi connectivity index (χ4n) is 4.68. The minimum absolute atomic E-state index is 0.704. The monoisotopic (exact) mass is 270 g/mol. The smallest absolute Gasteiger partial charge is 0.0354 e. The van der Waals surface area contributed by atoms with Crippen LogP contribution >= 0.6 is 0 Å². The number of aryl methyl sites for hydroxylation is 1. The second-order valence-electron chi connectivity index (χ2n) is 6.85. The zero-order valence-electron chi connectivity index (χ0n) is 12.4. The number of fused-ring (bicyclic) bond motifs is 1. The van der Waals surface area contributed by atoms with E-state index < -0.39 is 0 Å². The molecule has 3 atom stereocenters. The van der Waals surface area contributed by atoms with Crippen molar-refractivity contribution in [1.29, 1.82) is 0 Å². The summed E-state index contributed by atoms with van der Waals surface area (Å²) in [6.07, 6.45) is 8.23. The van der Waals surface area contributed by atoms with E-state index in [0.29, 0.717) is 6.04 Å². The maximum absolute atomic E-state index is 3.73. The van der Waals surface area contributed by atoms with Crippen molar-refractivity contribution in [3.63, 3.8) is 0 Å². The van der Waals surface area contributed by atoms with E-state index >= 15 is 0 Å². The van der Waals surface area contributed by atoms with Gasteiger partial charge in [-0.25, -0.2) is 0 Å². The highest BCUT2D eigenvalue weighted by Gasteiger charge is 2.34. The van der Waals surface area contributed by atoms with Gasteiger partial charge in [0.2, 0.25) is 0 Å². The number of benzene rings is 1. The van der Waals surface area contributed by atoms with Gasteiger partial charge in [-0.15, -0.1) is 0 Å². The van der Waals surface area contributed by atoms with Gasteiger partial charge in [-0.2, -0.15) is 0 Å². The van der Waals surface area contributed by atoms with E-state index in [1.165, 1.54) is 58.2 Å². The van der Waals surface area contributed by atoms with Gasteiger partial charge in [0.05, 0.1) is 0 Å². The Morgan fingerprint density at radius 2 is 2.00 bits per heavy atom. The van der Waals surface area contributed by atoms with E-state index in [9.17, 15) is 0 Å². The van der Waals surface area contributed by atoms with Crippen molar-refractivity contribution in [2.75, 3.05) is 19.6 Å². The van der Waals surface area contributed by atoms with Crippen LogP contribution in [-0.2, 0) is 6.42 Å². The van der Waals surface area contributed by atoms with Gasteiger partial charge in [0.1, 0.15) is 0 Å². The lowest BCUT2D eigenvalue weighted by atomic mass is 9.88.